The highest BCUT2D eigenvalue weighted by atomic mass is 19.4. The standard InChI is InChI=1S/C24H21F3N4O2/c25-24(26,27)19-8-4-3-7-18(19)15-30-11-12-31-21(23(30)33)13-20(28-31)22(32)29-10-9-16-5-1-2-6-17(16)14-29/h1-8,13H,9-12,14-15H2. The quantitative estimate of drug-likeness (QED) is 0.606. The average Bonchev–Trinajstić information content (AvgIpc) is 3.25. The van der Waals surface area contributed by atoms with E-state index in [0.717, 1.165) is 18.1 Å². The first-order valence-electron chi connectivity index (χ1n) is 10.7. The van der Waals surface area contributed by atoms with Gasteiger partial charge in [0.25, 0.3) is 11.8 Å². The summed E-state index contributed by atoms with van der Waals surface area (Å²) in [6.45, 7) is 1.40. The molecule has 0 fully saturated rings. The second-order valence-electron chi connectivity index (χ2n) is 8.26. The Bertz CT molecular complexity index is 1230. The number of nitrogens with zero attached hydrogens (tertiary/aromatic N) is 4. The summed E-state index contributed by atoms with van der Waals surface area (Å²) in [6, 6.07) is 14.7. The van der Waals surface area contributed by atoms with Gasteiger partial charge in [-0.15, -0.1) is 0 Å². The predicted molar refractivity (Wildman–Crippen MR) is 113 cm³/mol. The topological polar surface area (TPSA) is 58.4 Å². The highest BCUT2D eigenvalue weighted by Gasteiger charge is 2.35. The SMILES string of the molecule is O=C(c1cc2n(n1)CCN(Cc1ccccc1C(F)(F)F)C2=O)N1CCc2ccccc2C1. The monoisotopic (exact) mass is 454 g/mol. The molecule has 3 aromatic rings. The van der Waals surface area contributed by atoms with E-state index in [9.17, 15) is 22.8 Å². The van der Waals surface area contributed by atoms with Gasteiger partial charge in [-0.25, -0.2) is 0 Å². The number of aromatic nitrogens is 2. The van der Waals surface area contributed by atoms with Crippen LogP contribution in [-0.2, 0) is 32.2 Å². The molecule has 170 valence electrons. The maximum absolute atomic E-state index is 13.3. The van der Waals surface area contributed by atoms with E-state index in [1.54, 1.807) is 4.90 Å². The third kappa shape index (κ3) is 3.99. The largest absolute Gasteiger partial charge is 0.416 e. The number of fused-ring (bicyclic) bond motifs is 2. The summed E-state index contributed by atoms with van der Waals surface area (Å²) in [6.07, 6.45) is -3.75. The lowest BCUT2D eigenvalue weighted by Gasteiger charge is -2.28. The van der Waals surface area contributed by atoms with Crippen molar-refractivity contribution in [2.75, 3.05) is 13.1 Å². The summed E-state index contributed by atoms with van der Waals surface area (Å²) < 4.78 is 41.5. The van der Waals surface area contributed by atoms with Crippen molar-refractivity contribution >= 4 is 11.8 Å². The van der Waals surface area contributed by atoms with Gasteiger partial charge in [-0.2, -0.15) is 18.3 Å². The summed E-state index contributed by atoms with van der Waals surface area (Å²) in [4.78, 5) is 29.2. The summed E-state index contributed by atoms with van der Waals surface area (Å²) >= 11 is 0. The van der Waals surface area contributed by atoms with Gasteiger partial charge in [0.05, 0.1) is 12.1 Å². The van der Waals surface area contributed by atoms with E-state index in [1.165, 1.54) is 39.4 Å². The molecular formula is C24H21F3N4O2. The lowest BCUT2D eigenvalue weighted by Crippen LogP contribution is -2.40. The summed E-state index contributed by atoms with van der Waals surface area (Å²) in [5, 5.41) is 4.33. The molecule has 0 spiro atoms. The molecule has 0 bridgehead atoms. The molecule has 0 atom stereocenters. The zero-order valence-electron chi connectivity index (χ0n) is 17.7. The number of benzene rings is 2. The molecule has 2 aliphatic heterocycles. The van der Waals surface area contributed by atoms with E-state index in [-0.39, 0.29) is 35.9 Å². The van der Waals surface area contributed by atoms with Crippen molar-refractivity contribution in [2.24, 2.45) is 0 Å². The second-order valence-corrected chi connectivity index (χ2v) is 8.26. The Morgan fingerprint density at radius 1 is 0.970 bits per heavy atom. The van der Waals surface area contributed by atoms with Gasteiger partial charge in [-0.1, -0.05) is 42.5 Å². The van der Waals surface area contributed by atoms with E-state index in [0.29, 0.717) is 19.6 Å². The number of alkyl halides is 3. The third-order valence-electron chi connectivity index (χ3n) is 6.19. The molecule has 6 nitrogen and oxygen atoms in total. The van der Waals surface area contributed by atoms with Crippen LogP contribution in [0.4, 0.5) is 13.2 Å². The van der Waals surface area contributed by atoms with E-state index in [1.807, 2.05) is 18.2 Å². The smallest absolute Gasteiger partial charge is 0.333 e. The fourth-order valence-corrected chi connectivity index (χ4v) is 4.47. The highest BCUT2D eigenvalue weighted by molar-refractivity contribution is 5.98. The summed E-state index contributed by atoms with van der Waals surface area (Å²) in [5.41, 5.74) is 1.98. The number of hydrogen-bond donors (Lipinski definition) is 0. The number of carbonyl (C=O) groups excluding carboxylic acids is 2. The van der Waals surface area contributed by atoms with E-state index >= 15 is 0 Å². The van der Waals surface area contributed by atoms with Crippen molar-refractivity contribution in [1.82, 2.24) is 19.6 Å². The Labute approximate surface area is 188 Å². The normalized spacial score (nSPS) is 15.9. The minimum absolute atomic E-state index is 0.0367. The molecule has 33 heavy (non-hydrogen) atoms. The molecular weight excluding hydrogens is 433 g/mol. The first-order valence-corrected chi connectivity index (χ1v) is 10.7. The van der Waals surface area contributed by atoms with Gasteiger partial charge in [0.1, 0.15) is 5.69 Å². The summed E-state index contributed by atoms with van der Waals surface area (Å²) in [7, 11) is 0. The molecule has 2 amide bonds. The molecule has 0 N–H and O–H groups in total. The van der Waals surface area contributed by atoms with Crippen LogP contribution in [0.15, 0.2) is 54.6 Å². The highest BCUT2D eigenvalue weighted by Crippen LogP contribution is 2.33. The van der Waals surface area contributed by atoms with Crippen molar-refractivity contribution in [3.8, 4) is 0 Å². The first-order chi connectivity index (χ1) is 15.8. The van der Waals surface area contributed by atoms with Gasteiger partial charge in [0.2, 0.25) is 0 Å². The van der Waals surface area contributed by atoms with Gasteiger partial charge in [-0.05, 0) is 29.2 Å². The lowest BCUT2D eigenvalue weighted by molar-refractivity contribution is -0.138. The average molecular weight is 454 g/mol. The van der Waals surface area contributed by atoms with Crippen LogP contribution in [0.25, 0.3) is 0 Å². The van der Waals surface area contributed by atoms with Crippen molar-refractivity contribution in [1.29, 1.82) is 0 Å². The molecule has 0 saturated heterocycles. The van der Waals surface area contributed by atoms with Gasteiger partial charge in [-0.3, -0.25) is 14.3 Å². The molecule has 0 radical (unpaired) electrons. The minimum atomic E-state index is -4.50. The van der Waals surface area contributed by atoms with Crippen molar-refractivity contribution in [3.63, 3.8) is 0 Å². The Morgan fingerprint density at radius 2 is 1.70 bits per heavy atom. The zero-order valence-corrected chi connectivity index (χ0v) is 17.7. The van der Waals surface area contributed by atoms with Crippen LogP contribution in [0.1, 0.15) is 43.2 Å². The Kier molecular flexibility index (Phi) is 5.19. The third-order valence-corrected chi connectivity index (χ3v) is 6.19. The molecule has 5 rings (SSSR count). The molecule has 0 unspecified atom stereocenters. The van der Waals surface area contributed by atoms with Gasteiger partial charge >= 0.3 is 6.18 Å². The van der Waals surface area contributed by atoms with Crippen molar-refractivity contribution < 1.29 is 22.8 Å². The molecule has 2 aromatic carbocycles. The van der Waals surface area contributed by atoms with Crippen LogP contribution in [0.5, 0.6) is 0 Å². The van der Waals surface area contributed by atoms with Crippen LogP contribution in [0.3, 0.4) is 0 Å². The Morgan fingerprint density at radius 3 is 2.48 bits per heavy atom. The number of amides is 2. The maximum Gasteiger partial charge on any atom is 0.416 e. The number of carbonyl (C=O) groups is 2. The fraction of sp³-hybridized carbons (Fsp3) is 0.292. The van der Waals surface area contributed by atoms with Gasteiger partial charge < -0.3 is 9.80 Å². The predicted octanol–water partition coefficient (Wildman–Crippen LogP) is 3.76. The van der Waals surface area contributed by atoms with Gasteiger partial charge in [0.15, 0.2) is 5.69 Å². The second kappa shape index (κ2) is 8.06. The van der Waals surface area contributed by atoms with Crippen LogP contribution in [-0.4, -0.2) is 44.5 Å². The first kappa shape index (κ1) is 21.2. The van der Waals surface area contributed by atoms with Crippen LogP contribution >= 0.6 is 0 Å². The van der Waals surface area contributed by atoms with E-state index < -0.39 is 17.6 Å². The van der Waals surface area contributed by atoms with E-state index in [4.69, 9.17) is 0 Å². The number of hydrogen-bond acceptors (Lipinski definition) is 3. The van der Waals surface area contributed by atoms with Gasteiger partial charge in [0, 0.05) is 32.2 Å². The summed E-state index contributed by atoms with van der Waals surface area (Å²) in [5.74, 6) is -0.693. The minimum Gasteiger partial charge on any atom is -0.333 e. The zero-order chi connectivity index (χ0) is 23.2. The van der Waals surface area contributed by atoms with Crippen molar-refractivity contribution in [3.05, 3.63) is 88.2 Å². The molecule has 9 heteroatoms. The van der Waals surface area contributed by atoms with Crippen molar-refractivity contribution in [2.45, 2.75) is 32.2 Å². The maximum atomic E-state index is 13.3. The lowest BCUT2D eigenvalue weighted by atomic mass is 10.00. The van der Waals surface area contributed by atoms with Crippen LogP contribution in [0.2, 0.25) is 0 Å². The van der Waals surface area contributed by atoms with Crippen LogP contribution < -0.4 is 0 Å². The molecule has 2 aliphatic rings. The number of halogens is 3. The Hall–Kier alpha value is -3.62. The fourth-order valence-electron chi connectivity index (χ4n) is 4.47. The molecule has 0 saturated carbocycles. The van der Waals surface area contributed by atoms with Crippen LogP contribution in [0, 0.1) is 0 Å². The number of rotatable bonds is 3. The van der Waals surface area contributed by atoms with E-state index in [2.05, 4.69) is 11.2 Å². The Balaban J connectivity index is 1.34. The molecule has 3 heterocycles. The molecule has 1 aromatic heterocycles. The molecule has 0 aliphatic carbocycles.